The summed E-state index contributed by atoms with van der Waals surface area (Å²) < 4.78 is 16.6. The number of aromatic nitrogens is 2. The van der Waals surface area contributed by atoms with E-state index >= 15 is 0 Å². The summed E-state index contributed by atoms with van der Waals surface area (Å²) in [6.45, 7) is 0. The quantitative estimate of drug-likeness (QED) is 0.432. The predicted octanol–water partition coefficient (Wildman–Crippen LogP) is 5.99. The van der Waals surface area contributed by atoms with Crippen LogP contribution in [0.25, 0.3) is 16.7 Å². The average Bonchev–Trinajstić information content (AvgIpc) is 3.06. The Bertz CT molecular complexity index is 1180. The summed E-state index contributed by atoms with van der Waals surface area (Å²) in [5, 5.41) is 3.42. The van der Waals surface area contributed by atoms with Gasteiger partial charge in [-0.15, -0.1) is 0 Å². The van der Waals surface area contributed by atoms with E-state index in [9.17, 15) is 4.39 Å². The minimum atomic E-state index is -0.245. The Labute approximate surface area is 164 Å². The fourth-order valence-corrected chi connectivity index (χ4v) is 3.96. The van der Waals surface area contributed by atoms with Crippen LogP contribution in [0.2, 0.25) is 0 Å². The lowest BCUT2D eigenvalue weighted by molar-refractivity contribution is 0.627. The van der Waals surface area contributed by atoms with Crippen molar-refractivity contribution in [2.75, 3.05) is 5.32 Å². The van der Waals surface area contributed by atoms with Crippen LogP contribution in [0.1, 0.15) is 17.2 Å². The molecule has 1 N–H and O–H groups in total. The molecular formula is C22H15BrFN3. The number of nitrogens with zero attached hydrogens (tertiary/aromatic N) is 2. The highest BCUT2D eigenvalue weighted by Crippen LogP contribution is 2.37. The molecule has 1 atom stereocenters. The first kappa shape index (κ1) is 16.3. The number of hydrogen-bond acceptors (Lipinski definition) is 2. The Morgan fingerprint density at radius 3 is 2.59 bits per heavy atom. The largest absolute Gasteiger partial charge is 0.325 e. The second kappa shape index (κ2) is 6.35. The van der Waals surface area contributed by atoms with Crippen LogP contribution < -0.4 is 5.32 Å². The molecule has 0 saturated heterocycles. The summed E-state index contributed by atoms with van der Waals surface area (Å²) in [4.78, 5) is 4.77. The van der Waals surface area contributed by atoms with Gasteiger partial charge in [-0.1, -0.05) is 40.2 Å². The number of hydrogen-bond donors (Lipinski definition) is 1. The monoisotopic (exact) mass is 419 g/mol. The van der Waals surface area contributed by atoms with E-state index < -0.39 is 0 Å². The number of rotatable bonds is 2. The van der Waals surface area contributed by atoms with Crippen LogP contribution in [-0.4, -0.2) is 9.55 Å². The summed E-state index contributed by atoms with van der Waals surface area (Å²) in [7, 11) is 0. The minimum Gasteiger partial charge on any atom is -0.325 e. The molecule has 0 unspecified atom stereocenters. The van der Waals surface area contributed by atoms with Gasteiger partial charge in [0.2, 0.25) is 5.95 Å². The summed E-state index contributed by atoms with van der Waals surface area (Å²) in [6, 6.07) is 22.9. The number of nitrogens with one attached hydrogen (secondary N) is 1. The van der Waals surface area contributed by atoms with Crippen molar-refractivity contribution in [2.24, 2.45) is 0 Å². The van der Waals surface area contributed by atoms with Gasteiger partial charge in [0.1, 0.15) is 5.82 Å². The van der Waals surface area contributed by atoms with Crippen molar-refractivity contribution in [3.63, 3.8) is 0 Å². The zero-order valence-electron chi connectivity index (χ0n) is 14.2. The van der Waals surface area contributed by atoms with E-state index in [-0.39, 0.29) is 11.9 Å². The third kappa shape index (κ3) is 2.84. The first-order valence-corrected chi connectivity index (χ1v) is 9.45. The minimum absolute atomic E-state index is 0.0220. The molecule has 0 saturated carbocycles. The van der Waals surface area contributed by atoms with Crippen molar-refractivity contribution in [2.45, 2.75) is 6.04 Å². The van der Waals surface area contributed by atoms with Gasteiger partial charge >= 0.3 is 0 Å². The highest BCUT2D eigenvalue weighted by molar-refractivity contribution is 9.10. The molecule has 0 bridgehead atoms. The molecule has 0 amide bonds. The summed E-state index contributed by atoms with van der Waals surface area (Å²) >= 11 is 3.57. The topological polar surface area (TPSA) is 29.9 Å². The van der Waals surface area contributed by atoms with E-state index in [4.69, 9.17) is 4.98 Å². The maximum absolute atomic E-state index is 13.4. The van der Waals surface area contributed by atoms with Gasteiger partial charge in [-0.05, 0) is 65.7 Å². The van der Waals surface area contributed by atoms with Crippen molar-refractivity contribution >= 4 is 38.6 Å². The summed E-state index contributed by atoms with van der Waals surface area (Å²) in [5.41, 5.74) is 5.00. The van der Waals surface area contributed by atoms with Crippen LogP contribution in [0.5, 0.6) is 0 Å². The number of para-hydroxylation sites is 2. The lowest BCUT2D eigenvalue weighted by Gasteiger charge is -2.26. The Balaban J connectivity index is 1.72. The first-order chi connectivity index (χ1) is 13.2. The first-order valence-electron chi connectivity index (χ1n) is 8.66. The molecule has 132 valence electrons. The van der Waals surface area contributed by atoms with E-state index in [0.29, 0.717) is 0 Å². The fraction of sp³-hybridized carbons (Fsp3) is 0.0455. The maximum atomic E-state index is 13.4. The van der Waals surface area contributed by atoms with Gasteiger partial charge in [0.05, 0.1) is 17.1 Å². The third-order valence-corrected chi connectivity index (χ3v) is 5.28. The molecule has 4 aromatic rings. The molecule has 3 nitrogen and oxygen atoms in total. The summed E-state index contributed by atoms with van der Waals surface area (Å²) in [6.07, 6.45) is 2.16. The molecule has 5 rings (SSSR count). The summed E-state index contributed by atoms with van der Waals surface area (Å²) in [5.74, 6) is 0.536. The Morgan fingerprint density at radius 2 is 1.78 bits per heavy atom. The van der Waals surface area contributed by atoms with Gasteiger partial charge in [-0.25, -0.2) is 9.37 Å². The SMILES string of the molecule is Fc1ccc(C2=C[C@@H](c3cccc(Br)c3)n3c(nc4ccccc43)N2)cc1. The number of benzene rings is 3. The molecule has 1 aliphatic rings. The number of halogens is 2. The standard InChI is InChI=1S/C22H15BrFN3/c23-16-5-3-4-15(12-16)21-13-19(14-8-10-17(24)11-9-14)26-22-25-18-6-1-2-7-20(18)27(21)22/h1-13,21H,(H,25,26)/t21-/m0/s1. The van der Waals surface area contributed by atoms with Gasteiger partial charge in [-0.3, -0.25) is 4.57 Å². The van der Waals surface area contributed by atoms with E-state index in [1.54, 1.807) is 12.1 Å². The van der Waals surface area contributed by atoms with E-state index in [1.165, 1.54) is 12.1 Å². The van der Waals surface area contributed by atoms with Crippen molar-refractivity contribution in [3.8, 4) is 0 Å². The molecule has 5 heteroatoms. The van der Waals surface area contributed by atoms with E-state index in [1.807, 2.05) is 30.3 Å². The molecule has 2 heterocycles. The zero-order valence-corrected chi connectivity index (χ0v) is 15.8. The Kier molecular flexibility index (Phi) is 3.83. The van der Waals surface area contributed by atoms with Crippen LogP contribution in [0, 0.1) is 5.82 Å². The second-order valence-corrected chi connectivity index (χ2v) is 7.42. The highest BCUT2D eigenvalue weighted by Gasteiger charge is 2.25. The Hall–Kier alpha value is -2.92. The lowest BCUT2D eigenvalue weighted by Crippen LogP contribution is -2.19. The maximum Gasteiger partial charge on any atom is 0.209 e. The molecule has 1 aliphatic heterocycles. The van der Waals surface area contributed by atoms with Crippen LogP contribution in [-0.2, 0) is 0 Å². The number of anilines is 1. The smallest absolute Gasteiger partial charge is 0.209 e. The average molecular weight is 420 g/mol. The van der Waals surface area contributed by atoms with Crippen molar-refractivity contribution in [1.29, 1.82) is 0 Å². The van der Waals surface area contributed by atoms with E-state index in [0.717, 1.165) is 38.3 Å². The fourth-order valence-electron chi connectivity index (χ4n) is 3.54. The van der Waals surface area contributed by atoms with Crippen molar-refractivity contribution in [1.82, 2.24) is 9.55 Å². The van der Waals surface area contributed by atoms with Gasteiger partial charge in [0.15, 0.2) is 0 Å². The van der Waals surface area contributed by atoms with Crippen molar-refractivity contribution < 1.29 is 4.39 Å². The molecule has 0 radical (unpaired) electrons. The normalized spacial score (nSPS) is 15.9. The van der Waals surface area contributed by atoms with E-state index in [2.05, 4.69) is 50.1 Å². The molecule has 27 heavy (non-hydrogen) atoms. The van der Waals surface area contributed by atoms with Gasteiger partial charge in [0, 0.05) is 10.2 Å². The molecule has 0 fully saturated rings. The zero-order chi connectivity index (χ0) is 18.4. The Morgan fingerprint density at radius 1 is 0.963 bits per heavy atom. The molecule has 1 aromatic heterocycles. The molecule has 3 aromatic carbocycles. The number of imidazole rings is 1. The van der Waals surface area contributed by atoms with Crippen LogP contribution in [0.15, 0.2) is 83.3 Å². The molecule has 0 aliphatic carbocycles. The van der Waals surface area contributed by atoms with Gasteiger partial charge < -0.3 is 5.32 Å². The van der Waals surface area contributed by atoms with Crippen LogP contribution in [0.3, 0.4) is 0 Å². The predicted molar refractivity (Wildman–Crippen MR) is 110 cm³/mol. The lowest BCUT2D eigenvalue weighted by atomic mass is 10.0. The molecule has 0 spiro atoms. The van der Waals surface area contributed by atoms with Crippen LogP contribution in [0.4, 0.5) is 10.3 Å². The highest BCUT2D eigenvalue weighted by atomic mass is 79.9. The van der Waals surface area contributed by atoms with Gasteiger partial charge in [-0.2, -0.15) is 0 Å². The number of fused-ring (bicyclic) bond motifs is 3. The van der Waals surface area contributed by atoms with Crippen LogP contribution >= 0.6 is 15.9 Å². The second-order valence-electron chi connectivity index (χ2n) is 6.51. The number of allylic oxidation sites excluding steroid dienone is 1. The molecular weight excluding hydrogens is 405 g/mol. The van der Waals surface area contributed by atoms with Gasteiger partial charge in [0.25, 0.3) is 0 Å². The van der Waals surface area contributed by atoms with Crippen molar-refractivity contribution in [3.05, 3.63) is 100 Å². The third-order valence-electron chi connectivity index (χ3n) is 4.79.